The van der Waals surface area contributed by atoms with Crippen molar-refractivity contribution >= 4 is 11.3 Å². The molecule has 0 aliphatic rings. The summed E-state index contributed by atoms with van der Waals surface area (Å²) in [6, 6.07) is 8.34. The molecular formula is C15H20N2OS. The van der Waals surface area contributed by atoms with Gasteiger partial charge in [-0.25, -0.2) is 4.98 Å². The molecule has 19 heavy (non-hydrogen) atoms. The van der Waals surface area contributed by atoms with Crippen LogP contribution in [0.25, 0.3) is 0 Å². The van der Waals surface area contributed by atoms with Crippen LogP contribution in [0, 0.1) is 6.92 Å². The van der Waals surface area contributed by atoms with Gasteiger partial charge in [0.1, 0.15) is 0 Å². The smallest absolute Gasteiger partial charge is 0.0897 e. The Balaban J connectivity index is 1.85. The van der Waals surface area contributed by atoms with Crippen molar-refractivity contribution in [1.82, 2.24) is 10.3 Å². The summed E-state index contributed by atoms with van der Waals surface area (Å²) < 4.78 is 0. The van der Waals surface area contributed by atoms with Crippen molar-refractivity contribution in [3.8, 4) is 0 Å². The number of benzene rings is 1. The lowest BCUT2D eigenvalue weighted by Crippen LogP contribution is -2.21. The van der Waals surface area contributed by atoms with E-state index in [1.165, 1.54) is 5.56 Å². The molecule has 2 N–H and O–H groups in total. The lowest BCUT2D eigenvalue weighted by Gasteiger charge is -2.14. The molecule has 3 nitrogen and oxygen atoms in total. The van der Waals surface area contributed by atoms with Crippen LogP contribution in [0.1, 0.15) is 34.8 Å². The molecule has 1 aromatic heterocycles. The highest BCUT2D eigenvalue weighted by Crippen LogP contribution is 2.14. The molecule has 0 bridgehead atoms. The van der Waals surface area contributed by atoms with Gasteiger partial charge in [0.2, 0.25) is 0 Å². The highest BCUT2D eigenvalue weighted by Gasteiger charge is 2.06. The van der Waals surface area contributed by atoms with Crippen LogP contribution in [0.5, 0.6) is 0 Å². The van der Waals surface area contributed by atoms with E-state index in [0.29, 0.717) is 0 Å². The Bertz CT molecular complexity index is 524. The van der Waals surface area contributed by atoms with Crippen molar-refractivity contribution in [3.05, 3.63) is 51.5 Å². The number of thiazole rings is 1. The van der Waals surface area contributed by atoms with Crippen molar-refractivity contribution in [2.24, 2.45) is 0 Å². The van der Waals surface area contributed by atoms with Crippen LogP contribution in [-0.2, 0) is 13.0 Å². The second-order valence-corrected chi connectivity index (χ2v) is 5.75. The number of aliphatic hydroxyl groups is 1. The average molecular weight is 276 g/mol. The van der Waals surface area contributed by atoms with E-state index in [1.54, 1.807) is 11.3 Å². The summed E-state index contributed by atoms with van der Waals surface area (Å²) in [4.78, 5) is 4.45. The molecule has 0 aliphatic carbocycles. The van der Waals surface area contributed by atoms with E-state index in [4.69, 9.17) is 5.11 Å². The Morgan fingerprint density at radius 2 is 2.26 bits per heavy atom. The largest absolute Gasteiger partial charge is 0.392 e. The van der Waals surface area contributed by atoms with Crippen molar-refractivity contribution < 1.29 is 5.11 Å². The Kier molecular flexibility index (Phi) is 5.07. The molecule has 1 atom stereocenters. The quantitative estimate of drug-likeness (QED) is 0.853. The zero-order valence-corrected chi connectivity index (χ0v) is 12.2. The highest BCUT2D eigenvalue weighted by molar-refractivity contribution is 7.09. The summed E-state index contributed by atoms with van der Waals surface area (Å²) in [5.41, 5.74) is 3.33. The summed E-state index contributed by atoms with van der Waals surface area (Å²) in [6.45, 7) is 5.18. The number of aliphatic hydroxyl groups excluding tert-OH is 1. The second kappa shape index (κ2) is 6.80. The van der Waals surface area contributed by atoms with Gasteiger partial charge < -0.3 is 10.4 Å². The summed E-state index contributed by atoms with van der Waals surface area (Å²) in [6.07, 6.45) is 0.953. The first-order chi connectivity index (χ1) is 9.19. The maximum absolute atomic E-state index is 9.14. The first-order valence-electron chi connectivity index (χ1n) is 6.53. The normalized spacial score (nSPS) is 12.6. The molecule has 102 valence electrons. The van der Waals surface area contributed by atoms with Gasteiger partial charge in [-0.3, -0.25) is 0 Å². The van der Waals surface area contributed by atoms with E-state index >= 15 is 0 Å². The minimum atomic E-state index is 0.0959. The molecule has 1 unspecified atom stereocenters. The van der Waals surface area contributed by atoms with Crippen molar-refractivity contribution in [2.45, 2.75) is 32.9 Å². The third-order valence-corrected chi connectivity index (χ3v) is 3.95. The number of nitrogens with one attached hydrogen (secondary N) is 1. The summed E-state index contributed by atoms with van der Waals surface area (Å²) >= 11 is 1.70. The summed E-state index contributed by atoms with van der Waals surface area (Å²) in [7, 11) is 0. The maximum Gasteiger partial charge on any atom is 0.0897 e. The Morgan fingerprint density at radius 1 is 1.42 bits per heavy atom. The first-order valence-corrected chi connectivity index (χ1v) is 7.41. The van der Waals surface area contributed by atoms with Crippen LogP contribution >= 0.6 is 11.3 Å². The van der Waals surface area contributed by atoms with Crippen LogP contribution in [0.3, 0.4) is 0 Å². The number of nitrogens with zero attached hydrogens (tertiary/aromatic N) is 1. The van der Waals surface area contributed by atoms with E-state index in [9.17, 15) is 0 Å². The van der Waals surface area contributed by atoms with Crippen molar-refractivity contribution in [2.75, 3.05) is 6.54 Å². The van der Waals surface area contributed by atoms with Gasteiger partial charge >= 0.3 is 0 Å². The number of hydrogen-bond donors (Lipinski definition) is 2. The van der Waals surface area contributed by atoms with Gasteiger partial charge in [-0.15, -0.1) is 11.3 Å². The predicted molar refractivity (Wildman–Crippen MR) is 79.3 cm³/mol. The maximum atomic E-state index is 9.14. The van der Waals surface area contributed by atoms with Gasteiger partial charge in [0, 0.05) is 24.4 Å². The van der Waals surface area contributed by atoms with E-state index in [1.807, 2.05) is 25.1 Å². The van der Waals surface area contributed by atoms with Gasteiger partial charge in [0.15, 0.2) is 0 Å². The highest BCUT2D eigenvalue weighted by atomic mass is 32.1. The third-order valence-electron chi connectivity index (χ3n) is 3.13. The van der Waals surface area contributed by atoms with Gasteiger partial charge in [-0.05, 0) is 25.0 Å². The van der Waals surface area contributed by atoms with Gasteiger partial charge in [0.05, 0.1) is 17.3 Å². The molecular weight excluding hydrogens is 256 g/mol. The molecule has 0 saturated heterocycles. The van der Waals surface area contributed by atoms with E-state index in [0.717, 1.165) is 29.2 Å². The number of aromatic nitrogens is 1. The zero-order valence-electron chi connectivity index (χ0n) is 11.4. The minimum absolute atomic E-state index is 0.0959. The fraction of sp³-hybridized carbons (Fsp3) is 0.400. The lowest BCUT2D eigenvalue weighted by molar-refractivity contribution is 0.281. The minimum Gasteiger partial charge on any atom is -0.392 e. The topological polar surface area (TPSA) is 45.2 Å². The monoisotopic (exact) mass is 276 g/mol. The van der Waals surface area contributed by atoms with E-state index in [-0.39, 0.29) is 12.6 Å². The molecule has 0 radical (unpaired) electrons. The second-order valence-electron chi connectivity index (χ2n) is 4.69. The molecule has 2 rings (SSSR count). The molecule has 1 aromatic carbocycles. The molecule has 1 heterocycles. The molecule has 0 aliphatic heterocycles. The van der Waals surface area contributed by atoms with E-state index < -0.39 is 0 Å². The number of hydrogen-bond acceptors (Lipinski definition) is 4. The number of rotatable bonds is 6. The van der Waals surface area contributed by atoms with E-state index in [2.05, 4.69) is 28.7 Å². The molecule has 0 amide bonds. The summed E-state index contributed by atoms with van der Waals surface area (Å²) in [5.74, 6) is 0. The summed E-state index contributed by atoms with van der Waals surface area (Å²) in [5, 5.41) is 15.9. The molecule has 0 fully saturated rings. The third kappa shape index (κ3) is 4.13. The Labute approximate surface area is 118 Å². The van der Waals surface area contributed by atoms with Gasteiger partial charge in [-0.2, -0.15) is 0 Å². The molecule has 0 spiro atoms. The van der Waals surface area contributed by atoms with Gasteiger partial charge in [-0.1, -0.05) is 24.3 Å². The van der Waals surface area contributed by atoms with Crippen molar-refractivity contribution in [1.29, 1.82) is 0 Å². The molecule has 2 aromatic rings. The Morgan fingerprint density at radius 3 is 2.95 bits per heavy atom. The fourth-order valence-corrected chi connectivity index (χ4v) is 2.67. The number of aryl methyl sites for hydroxylation is 1. The zero-order chi connectivity index (χ0) is 13.7. The Hall–Kier alpha value is -1.23. The first kappa shape index (κ1) is 14.2. The molecule has 0 saturated carbocycles. The van der Waals surface area contributed by atoms with Crippen LogP contribution in [0.15, 0.2) is 29.6 Å². The van der Waals surface area contributed by atoms with Crippen molar-refractivity contribution in [3.63, 3.8) is 0 Å². The average Bonchev–Trinajstić information content (AvgIpc) is 2.84. The lowest BCUT2D eigenvalue weighted by atomic mass is 10.1. The standard InChI is InChI=1S/C15H20N2OS/c1-11(14-5-3-4-13(8-14)9-18)16-7-6-15-10-19-12(2)17-15/h3-5,8,10-11,16,18H,6-7,9H2,1-2H3. The predicted octanol–water partition coefficient (Wildman–Crippen LogP) is 2.84. The van der Waals surface area contributed by atoms with Crippen LogP contribution in [0.4, 0.5) is 0 Å². The van der Waals surface area contributed by atoms with Crippen LogP contribution < -0.4 is 5.32 Å². The van der Waals surface area contributed by atoms with Crippen LogP contribution in [-0.4, -0.2) is 16.6 Å². The van der Waals surface area contributed by atoms with Gasteiger partial charge in [0.25, 0.3) is 0 Å². The SMILES string of the molecule is Cc1nc(CCNC(C)c2cccc(CO)c2)cs1. The molecule has 4 heteroatoms. The van der Waals surface area contributed by atoms with Crippen LogP contribution in [0.2, 0.25) is 0 Å². The fourth-order valence-electron chi connectivity index (χ4n) is 2.02.